The number of amides is 1. The Balaban J connectivity index is 2.81. The van der Waals surface area contributed by atoms with Gasteiger partial charge in [0, 0.05) is 0 Å². The van der Waals surface area contributed by atoms with Crippen molar-refractivity contribution in [3.63, 3.8) is 0 Å². The number of halogens is 1. The number of hydrogen-bond donors (Lipinski definition) is 2. The average molecular weight is 269 g/mol. The zero-order chi connectivity index (χ0) is 10.1. The molecule has 1 aromatic heterocycles. The van der Waals surface area contributed by atoms with Gasteiger partial charge in [0.05, 0.1) is 0 Å². The molecule has 0 spiro atoms. The highest BCUT2D eigenvalue weighted by molar-refractivity contribution is 9.10. The molecule has 0 aliphatic rings. The van der Waals surface area contributed by atoms with Crippen LogP contribution < -0.4 is 9.86 Å². The maximum atomic E-state index is 11.0. The highest BCUT2D eigenvalue weighted by Gasteiger charge is 2.14. The van der Waals surface area contributed by atoms with Gasteiger partial charge in [0.2, 0.25) is 0 Å². The van der Waals surface area contributed by atoms with Crippen LogP contribution in [0.4, 0.5) is 0 Å². The molecule has 1 amide bonds. The Bertz CT molecular complexity index is 423. The second kappa shape index (κ2) is 3.48. The van der Waals surface area contributed by atoms with E-state index in [-0.39, 0.29) is 5.76 Å². The van der Waals surface area contributed by atoms with Crippen molar-refractivity contribution in [2.24, 2.45) is 5.14 Å². The first-order chi connectivity index (χ1) is 5.88. The van der Waals surface area contributed by atoms with Gasteiger partial charge in [0.1, 0.15) is 0 Å². The molecular weight excluding hydrogens is 264 g/mol. The summed E-state index contributed by atoms with van der Waals surface area (Å²) in [5, 5.41) is 4.57. The number of rotatable bonds is 2. The molecule has 72 valence electrons. The Morgan fingerprint density at radius 3 is 2.54 bits per heavy atom. The highest BCUT2D eigenvalue weighted by Crippen LogP contribution is 2.13. The van der Waals surface area contributed by atoms with Crippen LogP contribution in [-0.2, 0) is 10.2 Å². The quantitative estimate of drug-likeness (QED) is 0.787. The van der Waals surface area contributed by atoms with Crippen molar-refractivity contribution in [1.29, 1.82) is 0 Å². The third-order valence-corrected chi connectivity index (χ3v) is 1.93. The maximum Gasteiger partial charge on any atom is 0.301 e. The van der Waals surface area contributed by atoms with Gasteiger partial charge in [-0.25, -0.2) is 9.86 Å². The second-order valence-electron chi connectivity index (χ2n) is 2.08. The first-order valence-corrected chi connectivity index (χ1v) is 5.32. The topological polar surface area (TPSA) is 102 Å². The molecule has 0 fully saturated rings. The molecule has 0 bridgehead atoms. The van der Waals surface area contributed by atoms with Gasteiger partial charge in [-0.15, -0.1) is 0 Å². The molecule has 8 heteroatoms. The Hall–Kier alpha value is -0.860. The van der Waals surface area contributed by atoms with Crippen LogP contribution in [0.3, 0.4) is 0 Å². The first kappa shape index (κ1) is 10.2. The molecule has 13 heavy (non-hydrogen) atoms. The molecule has 0 aromatic carbocycles. The summed E-state index contributed by atoms with van der Waals surface area (Å²) < 4.78 is 27.5. The smallest absolute Gasteiger partial charge is 0.301 e. The van der Waals surface area contributed by atoms with E-state index in [9.17, 15) is 13.2 Å². The van der Waals surface area contributed by atoms with Crippen LogP contribution in [0.15, 0.2) is 21.2 Å². The molecule has 6 nitrogen and oxygen atoms in total. The van der Waals surface area contributed by atoms with Crippen LogP contribution in [-0.4, -0.2) is 14.3 Å². The predicted molar refractivity (Wildman–Crippen MR) is 47.0 cm³/mol. The van der Waals surface area contributed by atoms with Crippen molar-refractivity contribution in [2.45, 2.75) is 0 Å². The van der Waals surface area contributed by atoms with Gasteiger partial charge in [-0.3, -0.25) is 4.79 Å². The number of hydrogen-bond acceptors (Lipinski definition) is 4. The van der Waals surface area contributed by atoms with Gasteiger partial charge < -0.3 is 4.42 Å². The molecule has 1 aromatic rings. The van der Waals surface area contributed by atoms with Crippen molar-refractivity contribution in [3.8, 4) is 0 Å². The van der Waals surface area contributed by atoms with Crippen LogP contribution in [0, 0.1) is 0 Å². The molecule has 1 heterocycles. The first-order valence-electron chi connectivity index (χ1n) is 2.99. The SMILES string of the molecule is NS(=O)(=O)NC(=O)c1ccc(Br)o1. The summed E-state index contributed by atoms with van der Waals surface area (Å²) in [6, 6.07) is 2.77. The molecule has 3 N–H and O–H groups in total. The van der Waals surface area contributed by atoms with Crippen LogP contribution >= 0.6 is 15.9 Å². The Morgan fingerprint density at radius 2 is 2.15 bits per heavy atom. The van der Waals surface area contributed by atoms with Crippen molar-refractivity contribution < 1.29 is 17.6 Å². The molecule has 0 atom stereocenters. The van der Waals surface area contributed by atoms with Crippen molar-refractivity contribution >= 4 is 32.0 Å². The Morgan fingerprint density at radius 1 is 1.54 bits per heavy atom. The van der Waals surface area contributed by atoms with E-state index < -0.39 is 16.1 Å². The summed E-state index contributed by atoms with van der Waals surface area (Å²) in [6.45, 7) is 0. The Labute approximate surface area is 82.4 Å². The third-order valence-electron chi connectivity index (χ3n) is 1.03. The lowest BCUT2D eigenvalue weighted by molar-refractivity contribution is 0.0953. The fraction of sp³-hybridized carbons (Fsp3) is 0. The van der Waals surface area contributed by atoms with Gasteiger partial charge >= 0.3 is 5.91 Å². The largest absolute Gasteiger partial charge is 0.444 e. The Kier molecular flexibility index (Phi) is 2.74. The number of nitrogens with one attached hydrogen (secondary N) is 1. The van der Waals surface area contributed by atoms with Gasteiger partial charge in [0.25, 0.3) is 10.2 Å². The maximum absolute atomic E-state index is 11.0. The molecular formula is C5H5BrN2O4S. The van der Waals surface area contributed by atoms with E-state index in [1.54, 1.807) is 4.72 Å². The van der Waals surface area contributed by atoms with Crippen molar-refractivity contribution in [3.05, 3.63) is 22.6 Å². The molecule has 0 unspecified atom stereocenters. The van der Waals surface area contributed by atoms with E-state index in [2.05, 4.69) is 21.1 Å². The lowest BCUT2D eigenvalue weighted by Crippen LogP contribution is -2.35. The van der Waals surface area contributed by atoms with Gasteiger partial charge in [-0.05, 0) is 28.1 Å². The molecule has 1 rings (SSSR count). The predicted octanol–water partition coefficient (Wildman–Crippen LogP) is -0.0246. The van der Waals surface area contributed by atoms with E-state index in [0.717, 1.165) is 0 Å². The van der Waals surface area contributed by atoms with E-state index in [1.807, 2.05) is 0 Å². The van der Waals surface area contributed by atoms with Gasteiger partial charge in [-0.2, -0.15) is 8.42 Å². The normalized spacial score (nSPS) is 11.2. The second-order valence-corrected chi connectivity index (χ2v) is 4.16. The number of carbonyl (C=O) groups is 1. The number of carbonyl (C=O) groups excluding carboxylic acids is 1. The molecule has 0 aliphatic carbocycles. The number of nitrogens with two attached hydrogens (primary N) is 1. The summed E-state index contributed by atoms with van der Waals surface area (Å²) in [5.74, 6) is -1.05. The summed E-state index contributed by atoms with van der Waals surface area (Å²) in [6.07, 6.45) is 0. The van der Waals surface area contributed by atoms with Gasteiger partial charge in [-0.1, -0.05) is 0 Å². The summed E-state index contributed by atoms with van der Waals surface area (Å²) in [5.41, 5.74) is 0. The molecule has 0 saturated carbocycles. The summed E-state index contributed by atoms with van der Waals surface area (Å²) in [7, 11) is -4.04. The van der Waals surface area contributed by atoms with Crippen LogP contribution in [0.5, 0.6) is 0 Å². The number of furan rings is 1. The monoisotopic (exact) mass is 268 g/mol. The standard InChI is InChI=1S/C5H5BrN2O4S/c6-4-2-1-3(12-4)5(9)8-13(7,10)11/h1-2H,(H,8,9)(H2,7,10,11). The van der Waals surface area contributed by atoms with Crippen molar-refractivity contribution in [2.75, 3.05) is 0 Å². The van der Waals surface area contributed by atoms with Crippen molar-refractivity contribution in [1.82, 2.24) is 4.72 Å². The molecule has 0 saturated heterocycles. The van der Waals surface area contributed by atoms with Crippen LogP contribution in [0.1, 0.15) is 10.6 Å². The van der Waals surface area contributed by atoms with Crippen LogP contribution in [0.2, 0.25) is 0 Å². The fourth-order valence-corrected chi connectivity index (χ4v) is 1.28. The van der Waals surface area contributed by atoms with E-state index in [0.29, 0.717) is 4.67 Å². The minimum absolute atomic E-state index is 0.138. The van der Waals surface area contributed by atoms with Gasteiger partial charge in [0.15, 0.2) is 10.4 Å². The average Bonchev–Trinajstić information content (AvgIpc) is 2.31. The minimum Gasteiger partial charge on any atom is -0.444 e. The highest BCUT2D eigenvalue weighted by atomic mass is 79.9. The summed E-state index contributed by atoms with van der Waals surface area (Å²) >= 11 is 2.95. The molecule has 0 aliphatic heterocycles. The third kappa shape index (κ3) is 3.17. The fourth-order valence-electron chi connectivity index (χ4n) is 0.616. The lowest BCUT2D eigenvalue weighted by Gasteiger charge is -1.97. The van der Waals surface area contributed by atoms with E-state index in [1.165, 1.54) is 12.1 Å². The van der Waals surface area contributed by atoms with E-state index >= 15 is 0 Å². The van der Waals surface area contributed by atoms with E-state index in [4.69, 9.17) is 4.42 Å². The molecule has 0 radical (unpaired) electrons. The summed E-state index contributed by atoms with van der Waals surface area (Å²) in [4.78, 5) is 11.0. The minimum atomic E-state index is -4.04. The van der Waals surface area contributed by atoms with Crippen LogP contribution in [0.25, 0.3) is 0 Å². The zero-order valence-electron chi connectivity index (χ0n) is 6.15. The zero-order valence-corrected chi connectivity index (χ0v) is 8.55. The lowest BCUT2D eigenvalue weighted by atomic mass is 10.4.